The van der Waals surface area contributed by atoms with Crippen molar-refractivity contribution in [3.05, 3.63) is 24.0 Å². The van der Waals surface area contributed by atoms with Gasteiger partial charge in [-0.25, -0.2) is 0 Å². The van der Waals surface area contributed by atoms with Crippen molar-refractivity contribution in [3.8, 4) is 5.75 Å². The second kappa shape index (κ2) is 4.77. The molecule has 6 nitrogen and oxygen atoms in total. The van der Waals surface area contributed by atoms with Gasteiger partial charge in [0.05, 0.1) is 11.8 Å². The van der Waals surface area contributed by atoms with Gasteiger partial charge in [0.1, 0.15) is 5.75 Å². The molecule has 0 unspecified atom stereocenters. The smallest absolute Gasteiger partial charge is 0.257 e. The molecular weight excluding hydrogens is 258 g/mol. The van der Waals surface area contributed by atoms with E-state index in [1.165, 1.54) is 18.5 Å². The van der Waals surface area contributed by atoms with Crippen LogP contribution in [0.15, 0.2) is 18.5 Å². The fourth-order valence-corrected chi connectivity index (χ4v) is 3.03. The Bertz CT molecular complexity index is 550. The van der Waals surface area contributed by atoms with Gasteiger partial charge in [-0.3, -0.25) is 14.6 Å². The number of nitrogens with zero attached hydrogens (tertiary/aromatic N) is 2. The summed E-state index contributed by atoms with van der Waals surface area (Å²) >= 11 is 0. The van der Waals surface area contributed by atoms with Crippen LogP contribution in [0.1, 0.15) is 29.6 Å². The number of amides is 2. The molecule has 2 fully saturated rings. The van der Waals surface area contributed by atoms with Gasteiger partial charge >= 0.3 is 0 Å². The maximum absolute atomic E-state index is 12.3. The number of aromatic nitrogens is 1. The molecule has 0 saturated carbocycles. The quantitative estimate of drug-likeness (QED) is 0.783. The third-order valence-corrected chi connectivity index (χ3v) is 4.34. The summed E-state index contributed by atoms with van der Waals surface area (Å²) in [6.07, 6.45) is 4.98. The highest BCUT2D eigenvalue weighted by atomic mass is 16.3. The fourth-order valence-electron chi connectivity index (χ4n) is 3.03. The van der Waals surface area contributed by atoms with Gasteiger partial charge < -0.3 is 15.3 Å². The van der Waals surface area contributed by atoms with Crippen LogP contribution >= 0.6 is 0 Å². The summed E-state index contributed by atoms with van der Waals surface area (Å²) in [5.41, 5.74) is 0.310. The van der Waals surface area contributed by atoms with Gasteiger partial charge in [0.2, 0.25) is 5.91 Å². The summed E-state index contributed by atoms with van der Waals surface area (Å²) in [6, 6.07) is 1.53. The first-order chi connectivity index (χ1) is 9.60. The number of hydrogen-bond donors (Lipinski definition) is 2. The summed E-state index contributed by atoms with van der Waals surface area (Å²) in [5.74, 6) is -0.149. The molecule has 2 saturated heterocycles. The van der Waals surface area contributed by atoms with Crippen LogP contribution in [-0.2, 0) is 4.79 Å². The van der Waals surface area contributed by atoms with Crippen molar-refractivity contribution >= 4 is 11.8 Å². The molecular formula is C14H17N3O3. The molecule has 2 amide bonds. The molecule has 106 valence electrons. The van der Waals surface area contributed by atoms with Crippen LogP contribution in [0.4, 0.5) is 0 Å². The molecule has 1 aromatic heterocycles. The molecule has 2 aliphatic rings. The molecule has 3 heterocycles. The zero-order valence-electron chi connectivity index (χ0n) is 11.1. The minimum atomic E-state index is -0.169. The molecule has 0 atom stereocenters. The summed E-state index contributed by atoms with van der Waals surface area (Å²) in [6.45, 7) is 1.96. The van der Waals surface area contributed by atoms with Crippen molar-refractivity contribution < 1.29 is 14.7 Å². The molecule has 1 spiro atoms. The molecule has 0 bridgehead atoms. The predicted octanol–water partition coefficient (Wildman–Crippen LogP) is 0.529. The Kier molecular flexibility index (Phi) is 3.08. The maximum atomic E-state index is 12.3. The van der Waals surface area contributed by atoms with Crippen LogP contribution in [-0.4, -0.2) is 46.4 Å². The van der Waals surface area contributed by atoms with E-state index in [1.807, 2.05) is 0 Å². The van der Waals surface area contributed by atoms with E-state index in [9.17, 15) is 14.7 Å². The van der Waals surface area contributed by atoms with E-state index < -0.39 is 0 Å². The number of rotatable bonds is 1. The lowest BCUT2D eigenvalue weighted by Gasteiger charge is -2.38. The van der Waals surface area contributed by atoms with Gasteiger partial charge in [0, 0.05) is 32.3 Å². The highest BCUT2D eigenvalue weighted by Crippen LogP contribution is 2.37. The van der Waals surface area contributed by atoms with Crippen LogP contribution in [0, 0.1) is 5.41 Å². The molecule has 3 rings (SSSR count). The van der Waals surface area contributed by atoms with Gasteiger partial charge in [-0.05, 0) is 24.3 Å². The Morgan fingerprint density at radius 1 is 1.40 bits per heavy atom. The van der Waals surface area contributed by atoms with Crippen LogP contribution in [0.25, 0.3) is 0 Å². The van der Waals surface area contributed by atoms with Gasteiger partial charge in [0.25, 0.3) is 5.91 Å². The van der Waals surface area contributed by atoms with Crippen LogP contribution in [0.5, 0.6) is 5.75 Å². The summed E-state index contributed by atoms with van der Waals surface area (Å²) in [4.78, 5) is 29.2. The number of carbonyl (C=O) groups is 2. The SMILES string of the molecule is O=C1CC2(CCN(C(=O)c3ccncc3O)CC2)CN1. The highest BCUT2D eigenvalue weighted by Gasteiger charge is 2.41. The molecule has 6 heteroatoms. The average molecular weight is 275 g/mol. The molecule has 20 heavy (non-hydrogen) atoms. The predicted molar refractivity (Wildman–Crippen MR) is 71.1 cm³/mol. The maximum Gasteiger partial charge on any atom is 0.257 e. The molecule has 0 aliphatic carbocycles. The number of likely N-dealkylation sites (tertiary alicyclic amines) is 1. The van der Waals surface area contributed by atoms with E-state index in [4.69, 9.17) is 0 Å². The van der Waals surface area contributed by atoms with E-state index in [1.54, 1.807) is 4.90 Å². The standard InChI is InChI=1S/C14H17N3O3/c18-11-8-15-4-1-10(11)13(20)17-5-2-14(3-6-17)7-12(19)16-9-14/h1,4,8,18H,2-3,5-7,9H2,(H,16,19). The van der Waals surface area contributed by atoms with Crippen molar-refractivity contribution in [2.24, 2.45) is 5.41 Å². The lowest BCUT2D eigenvalue weighted by Crippen LogP contribution is -2.44. The second-order valence-corrected chi connectivity index (χ2v) is 5.64. The van der Waals surface area contributed by atoms with Crippen molar-refractivity contribution in [2.45, 2.75) is 19.3 Å². The molecule has 0 radical (unpaired) electrons. The van der Waals surface area contributed by atoms with Gasteiger partial charge in [-0.2, -0.15) is 0 Å². The normalized spacial score (nSPS) is 21.0. The minimum Gasteiger partial charge on any atom is -0.505 e. The molecule has 0 aromatic carbocycles. The lowest BCUT2D eigenvalue weighted by molar-refractivity contribution is -0.119. The van der Waals surface area contributed by atoms with Crippen molar-refractivity contribution in [1.82, 2.24) is 15.2 Å². The van der Waals surface area contributed by atoms with Crippen LogP contribution in [0.3, 0.4) is 0 Å². The van der Waals surface area contributed by atoms with E-state index in [2.05, 4.69) is 10.3 Å². The number of piperidine rings is 1. The van der Waals surface area contributed by atoms with Crippen molar-refractivity contribution in [1.29, 1.82) is 0 Å². The third-order valence-electron chi connectivity index (χ3n) is 4.34. The number of carbonyl (C=O) groups excluding carboxylic acids is 2. The minimum absolute atomic E-state index is 0.0220. The monoisotopic (exact) mass is 275 g/mol. The number of pyridine rings is 1. The van der Waals surface area contributed by atoms with Crippen LogP contribution < -0.4 is 5.32 Å². The molecule has 2 aliphatic heterocycles. The zero-order valence-corrected chi connectivity index (χ0v) is 11.1. The number of hydrogen-bond acceptors (Lipinski definition) is 4. The Morgan fingerprint density at radius 3 is 2.75 bits per heavy atom. The molecule has 2 N–H and O–H groups in total. The largest absolute Gasteiger partial charge is 0.505 e. The summed E-state index contributed by atoms with van der Waals surface area (Å²) < 4.78 is 0. The lowest BCUT2D eigenvalue weighted by atomic mass is 9.77. The van der Waals surface area contributed by atoms with E-state index in [0.29, 0.717) is 26.1 Å². The van der Waals surface area contributed by atoms with Gasteiger partial charge in [-0.15, -0.1) is 0 Å². The number of aromatic hydroxyl groups is 1. The Balaban J connectivity index is 1.68. The first-order valence-corrected chi connectivity index (χ1v) is 6.79. The summed E-state index contributed by atoms with van der Waals surface area (Å²) in [7, 11) is 0. The Morgan fingerprint density at radius 2 is 2.15 bits per heavy atom. The van der Waals surface area contributed by atoms with Crippen molar-refractivity contribution in [3.63, 3.8) is 0 Å². The van der Waals surface area contributed by atoms with Crippen LogP contribution in [0.2, 0.25) is 0 Å². The Labute approximate surface area is 116 Å². The van der Waals surface area contributed by atoms with E-state index in [0.717, 1.165) is 12.8 Å². The van der Waals surface area contributed by atoms with Gasteiger partial charge in [0.15, 0.2) is 0 Å². The fraction of sp³-hybridized carbons (Fsp3) is 0.500. The zero-order chi connectivity index (χ0) is 14.2. The first kappa shape index (κ1) is 12.9. The number of nitrogens with one attached hydrogen (secondary N) is 1. The Hall–Kier alpha value is -2.11. The highest BCUT2D eigenvalue weighted by molar-refractivity contribution is 5.96. The van der Waals surface area contributed by atoms with Gasteiger partial charge in [-0.1, -0.05) is 0 Å². The topological polar surface area (TPSA) is 82.5 Å². The molecule has 1 aromatic rings. The summed E-state index contributed by atoms with van der Waals surface area (Å²) in [5, 5.41) is 12.6. The first-order valence-electron chi connectivity index (χ1n) is 6.79. The van der Waals surface area contributed by atoms with Crippen molar-refractivity contribution in [2.75, 3.05) is 19.6 Å². The second-order valence-electron chi connectivity index (χ2n) is 5.64. The average Bonchev–Trinajstić information content (AvgIpc) is 2.81. The van der Waals surface area contributed by atoms with E-state index in [-0.39, 0.29) is 28.5 Å². The third kappa shape index (κ3) is 2.21. The van der Waals surface area contributed by atoms with E-state index >= 15 is 0 Å².